The molecule has 0 saturated carbocycles. The molecule has 0 aromatic carbocycles. The first-order valence-corrected chi connectivity index (χ1v) is 8.52. The molecule has 19 heavy (non-hydrogen) atoms. The first-order valence-electron chi connectivity index (χ1n) is 6.67. The van der Waals surface area contributed by atoms with Crippen molar-refractivity contribution in [1.82, 2.24) is 19.6 Å². The molecule has 2 heterocycles. The molecule has 0 amide bonds. The lowest BCUT2D eigenvalue weighted by molar-refractivity contribution is 0.201. The molecule has 2 atom stereocenters. The molecular weight excluding hydrogens is 264 g/mol. The van der Waals surface area contributed by atoms with E-state index < -0.39 is 10.0 Å². The molecule has 1 aliphatic rings. The second-order valence-corrected chi connectivity index (χ2v) is 7.08. The minimum Gasteiger partial charge on any atom is -0.348 e. The van der Waals surface area contributed by atoms with Crippen molar-refractivity contribution in [3.8, 4) is 0 Å². The number of piperidine rings is 1. The van der Waals surface area contributed by atoms with Crippen molar-refractivity contribution in [3.05, 3.63) is 18.2 Å². The Morgan fingerprint density at radius 2 is 2.37 bits per heavy atom. The van der Waals surface area contributed by atoms with E-state index in [0.717, 1.165) is 18.7 Å². The second-order valence-electron chi connectivity index (χ2n) is 5.10. The number of nitrogens with one attached hydrogen (secondary N) is 2. The molecule has 2 N–H and O–H groups in total. The topological polar surface area (TPSA) is 78.1 Å². The fourth-order valence-electron chi connectivity index (χ4n) is 2.60. The molecule has 2 rings (SSSR count). The van der Waals surface area contributed by atoms with Crippen LogP contribution in [0.5, 0.6) is 0 Å². The van der Waals surface area contributed by atoms with Gasteiger partial charge in [-0.1, -0.05) is 13.3 Å². The molecule has 0 radical (unpaired) electrons. The van der Waals surface area contributed by atoms with Crippen molar-refractivity contribution in [2.24, 2.45) is 5.92 Å². The van der Waals surface area contributed by atoms with Crippen LogP contribution in [-0.2, 0) is 16.6 Å². The molecule has 0 aliphatic carbocycles. The van der Waals surface area contributed by atoms with Crippen molar-refractivity contribution < 1.29 is 8.42 Å². The zero-order valence-electron chi connectivity index (χ0n) is 11.5. The molecule has 0 spiro atoms. The Hall–Kier alpha value is -0.920. The molecule has 1 aromatic heterocycles. The Bertz CT molecular complexity index is 486. The van der Waals surface area contributed by atoms with Gasteiger partial charge >= 0.3 is 0 Å². The lowest BCUT2D eigenvalue weighted by Crippen LogP contribution is -2.50. The number of hydrogen-bond acceptors (Lipinski definition) is 4. The first-order chi connectivity index (χ1) is 9.00. The highest BCUT2D eigenvalue weighted by atomic mass is 32.2. The van der Waals surface area contributed by atoms with Crippen molar-refractivity contribution >= 4 is 10.0 Å². The third-order valence-corrected chi connectivity index (χ3v) is 5.05. The minimum absolute atomic E-state index is 0.355. The second kappa shape index (κ2) is 6.02. The summed E-state index contributed by atoms with van der Waals surface area (Å²) in [5, 5.41) is 3.48. The van der Waals surface area contributed by atoms with Gasteiger partial charge < -0.3 is 10.3 Å². The molecule has 1 aliphatic heterocycles. The van der Waals surface area contributed by atoms with E-state index in [1.165, 1.54) is 6.26 Å². The molecular formula is C12H22N4O2S. The maximum Gasteiger partial charge on any atom is 0.211 e. The van der Waals surface area contributed by atoms with Gasteiger partial charge in [0, 0.05) is 31.5 Å². The normalized spacial score (nSPS) is 25.6. The number of imidazole rings is 1. The molecule has 6 nitrogen and oxygen atoms in total. The number of nitrogens with zero attached hydrogens (tertiary/aromatic N) is 2. The Morgan fingerprint density at radius 3 is 2.95 bits per heavy atom. The average Bonchev–Trinajstić information content (AvgIpc) is 2.88. The number of sulfonamides is 1. The summed E-state index contributed by atoms with van der Waals surface area (Å²) < 4.78 is 24.8. The van der Waals surface area contributed by atoms with Gasteiger partial charge in [-0.25, -0.2) is 17.7 Å². The maximum absolute atomic E-state index is 11.6. The van der Waals surface area contributed by atoms with E-state index in [0.29, 0.717) is 31.6 Å². The van der Waals surface area contributed by atoms with Crippen LogP contribution in [0, 0.1) is 5.92 Å². The highest BCUT2D eigenvalue weighted by molar-refractivity contribution is 7.88. The van der Waals surface area contributed by atoms with Crippen LogP contribution in [0.2, 0.25) is 0 Å². The lowest BCUT2D eigenvalue weighted by atomic mass is 9.91. The average molecular weight is 286 g/mol. The minimum atomic E-state index is -3.06. The molecule has 0 unspecified atom stereocenters. The van der Waals surface area contributed by atoms with Gasteiger partial charge in [0.15, 0.2) is 0 Å². The summed E-state index contributed by atoms with van der Waals surface area (Å²) in [5.41, 5.74) is 0. The van der Waals surface area contributed by atoms with Crippen LogP contribution in [0.4, 0.5) is 0 Å². The van der Waals surface area contributed by atoms with E-state index in [1.54, 1.807) is 16.7 Å². The SMILES string of the molecule is CC[C@H]1CN(S(C)(=O)=O)CC[C@@H]1NCc1ncc[nH]1. The van der Waals surface area contributed by atoms with Crippen LogP contribution < -0.4 is 5.32 Å². The summed E-state index contributed by atoms with van der Waals surface area (Å²) in [5.74, 6) is 1.28. The van der Waals surface area contributed by atoms with E-state index in [1.807, 2.05) is 0 Å². The molecule has 1 aromatic rings. The van der Waals surface area contributed by atoms with Gasteiger partial charge in [0.05, 0.1) is 12.8 Å². The number of hydrogen-bond donors (Lipinski definition) is 2. The smallest absolute Gasteiger partial charge is 0.211 e. The van der Waals surface area contributed by atoms with E-state index in [9.17, 15) is 8.42 Å². The Labute approximate surface area is 114 Å². The van der Waals surface area contributed by atoms with E-state index in [4.69, 9.17) is 0 Å². The van der Waals surface area contributed by atoms with E-state index >= 15 is 0 Å². The van der Waals surface area contributed by atoms with Crippen LogP contribution in [-0.4, -0.2) is 48.1 Å². The zero-order chi connectivity index (χ0) is 13.9. The van der Waals surface area contributed by atoms with Crippen molar-refractivity contribution in [2.45, 2.75) is 32.4 Å². The number of aromatic amines is 1. The molecule has 0 bridgehead atoms. The van der Waals surface area contributed by atoms with Crippen LogP contribution in [0.15, 0.2) is 12.4 Å². The largest absolute Gasteiger partial charge is 0.348 e. The van der Waals surface area contributed by atoms with Crippen LogP contribution in [0.3, 0.4) is 0 Å². The zero-order valence-corrected chi connectivity index (χ0v) is 12.3. The quantitative estimate of drug-likeness (QED) is 0.829. The fourth-order valence-corrected chi connectivity index (χ4v) is 3.50. The molecule has 7 heteroatoms. The van der Waals surface area contributed by atoms with Crippen LogP contribution >= 0.6 is 0 Å². The van der Waals surface area contributed by atoms with Gasteiger partial charge in [-0.15, -0.1) is 0 Å². The van der Waals surface area contributed by atoms with Gasteiger partial charge in [-0.2, -0.15) is 0 Å². The summed E-state index contributed by atoms with van der Waals surface area (Å²) in [7, 11) is -3.06. The third-order valence-electron chi connectivity index (χ3n) is 3.78. The van der Waals surface area contributed by atoms with Crippen LogP contribution in [0.1, 0.15) is 25.6 Å². The predicted octanol–water partition coefficient (Wildman–Crippen LogP) is 0.559. The van der Waals surface area contributed by atoms with Crippen molar-refractivity contribution in [1.29, 1.82) is 0 Å². The van der Waals surface area contributed by atoms with Gasteiger partial charge in [0.2, 0.25) is 10.0 Å². The fraction of sp³-hybridized carbons (Fsp3) is 0.750. The monoisotopic (exact) mass is 286 g/mol. The summed E-state index contributed by atoms with van der Waals surface area (Å²) in [4.78, 5) is 7.24. The predicted molar refractivity (Wildman–Crippen MR) is 74.0 cm³/mol. The van der Waals surface area contributed by atoms with Gasteiger partial charge in [-0.05, 0) is 12.3 Å². The number of rotatable bonds is 5. The Balaban J connectivity index is 1.92. The van der Waals surface area contributed by atoms with Gasteiger partial charge in [0.1, 0.15) is 5.82 Å². The first kappa shape index (κ1) is 14.5. The molecule has 108 valence electrons. The number of aromatic nitrogens is 2. The molecule has 1 fully saturated rings. The van der Waals surface area contributed by atoms with E-state index in [-0.39, 0.29) is 0 Å². The summed E-state index contributed by atoms with van der Waals surface area (Å²) in [6, 6.07) is 0.355. The lowest BCUT2D eigenvalue weighted by Gasteiger charge is -2.37. The summed E-state index contributed by atoms with van der Waals surface area (Å²) in [6.45, 7) is 4.03. The highest BCUT2D eigenvalue weighted by Crippen LogP contribution is 2.22. The summed E-state index contributed by atoms with van der Waals surface area (Å²) >= 11 is 0. The van der Waals surface area contributed by atoms with Crippen molar-refractivity contribution in [2.75, 3.05) is 19.3 Å². The van der Waals surface area contributed by atoms with Crippen LogP contribution in [0.25, 0.3) is 0 Å². The summed E-state index contributed by atoms with van der Waals surface area (Å²) in [6.07, 6.45) is 6.66. The highest BCUT2D eigenvalue weighted by Gasteiger charge is 2.31. The molecule has 1 saturated heterocycles. The van der Waals surface area contributed by atoms with E-state index in [2.05, 4.69) is 22.2 Å². The van der Waals surface area contributed by atoms with Crippen molar-refractivity contribution in [3.63, 3.8) is 0 Å². The van der Waals surface area contributed by atoms with Gasteiger partial charge in [0.25, 0.3) is 0 Å². The Morgan fingerprint density at radius 1 is 1.58 bits per heavy atom. The third kappa shape index (κ3) is 3.77. The standard InChI is InChI=1S/C12H22N4O2S/c1-3-10-9-16(19(2,17)18)7-4-11(10)15-8-12-13-5-6-14-12/h5-6,10-11,15H,3-4,7-9H2,1-2H3,(H,13,14)/t10-,11-/m0/s1. The van der Waals surface area contributed by atoms with Gasteiger partial charge in [-0.3, -0.25) is 0 Å². The Kier molecular flexibility index (Phi) is 4.59. The maximum atomic E-state index is 11.6. The number of H-pyrrole nitrogens is 1.